The van der Waals surface area contributed by atoms with E-state index in [0.29, 0.717) is 0 Å². The third kappa shape index (κ3) is 4.73. The predicted molar refractivity (Wildman–Crippen MR) is 108 cm³/mol. The highest BCUT2D eigenvalue weighted by Crippen LogP contribution is 2.22. The van der Waals surface area contributed by atoms with Crippen LogP contribution in [-0.2, 0) is 19.4 Å². The molecule has 1 heterocycles. The van der Waals surface area contributed by atoms with Gasteiger partial charge >= 0.3 is 0 Å². The molecular weight excluding hydrogens is 390 g/mol. The molecule has 0 atom stereocenters. The molecule has 3 aromatic rings. The Balaban J connectivity index is 1.64. The minimum absolute atomic E-state index is 0.842. The number of methoxy groups -OCH3 is 1. The van der Waals surface area contributed by atoms with Crippen LogP contribution in [0.25, 0.3) is 11.4 Å². The zero-order valence-electron chi connectivity index (χ0n) is 15.3. The highest BCUT2D eigenvalue weighted by atomic mass is 79.9. The van der Waals surface area contributed by atoms with Crippen LogP contribution in [-0.4, -0.2) is 21.9 Å². The van der Waals surface area contributed by atoms with E-state index < -0.39 is 0 Å². The minimum Gasteiger partial charge on any atom is -0.497 e. The topological polar surface area (TPSA) is 39.9 Å². The molecule has 26 heavy (non-hydrogen) atoms. The van der Waals surface area contributed by atoms with Gasteiger partial charge in [0.25, 0.3) is 0 Å². The SMILES string of the molecule is CCc1nc(-c2ccc(OC)cc2)n(CCCCc2ccc(Br)cc2)n1. The maximum atomic E-state index is 5.24. The molecule has 0 unspecified atom stereocenters. The summed E-state index contributed by atoms with van der Waals surface area (Å²) in [4.78, 5) is 4.71. The zero-order chi connectivity index (χ0) is 18.4. The number of ether oxygens (including phenoxy) is 1. The first-order valence-corrected chi connectivity index (χ1v) is 9.81. The Labute approximate surface area is 163 Å². The van der Waals surface area contributed by atoms with E-state index in [1.807, 2.05) is 28.9 Å². The van der Waals surface area contributed by atoms with E-state index in [2.05, 4.69) is 52.2 Å². The van der Waals surface area contributed by atoms with Gasteiger partial charge in [-0.25, -0.2) is 9.67 Å². The van der Waals surface area contributed by atoms with Gasteiger partial charge < -0.3 is 4.74 Å². The third-order valence-corrected chi connectivity index (χ3v) is 4.91. The number of aryl methyl sites for hydroxylation is 3. The molecular formula is C21H24BrN3O. The van der Waals surface area contributed by atoms with Gasteiger partial charge in [0.05, 0.1) is 7.11 Å². The summed E-state index contributed by atoms with van der Waals surface area (Å²) < 4.78 is 8.41. The first-order valence-electron chi connectivity index (χ1n) is 9.02. The van der Waals surface area contributed by atoms with Crippen LogP contribution >= 0.6 is 15.9 Å². The lowest BCUT2D eigenvalue weighted by Crippen LogP contribution is -2.04. The highest BCUT2D eigenvalue weighted by molar-refractivity contribution is 9.10. The van der Waals surface area contributed by atoms with Crippen molar-refractivity contribution in [2.45, 2.75) is 39.2 Å². The van der Waals surface area contributed by atoms with Crippen LogP contribution in [0.2, 0.25) is 0 Å². The van der Waals surface area contributed by atoms with E-state index in [1.165, 1.54) is 5.56 Å². The molecule has 4 nitrogen and oxygen atoms in total. The van der Waals surface area contributed by atoms with Crippen LogP contribution in [0.5, 0.6) is 5.75 Å². The summed E-state index contributed by atoms with van der Waals surface area (Å²) in [6, 6.07) is 16.6. The molecule has 1 aromatic heterocycles. The van der Waals surface area contributed by atoms with E-state index in [0.717, 1.165) is 59.7 Å². The molecule has 0 N–H and O–H groups in total. The number of rotatable bonds is 8. The molecule has 0 saturated heterocycles. The lowest BCUT2D eigenvalue weighted by Gasteiger charge is -2.07. The molecule has 0 fully saturated rings. The van der Waals surface area contributed by atoms with Gasteiger partial charge in [0, 0.05) is 23.0 Å². The number of nitrogens with zero attached hydrogens (tertiary/aromatic N) is 3. The van der Waals surface area contributed by atoms with Crippen molar-refractivity contribution in [3.05, 3.63) is 64.4 Å². The molecule has 0 saturated carbocycles. The maximum Gasteiger partial charge on any atom is 0.158 e. The molecule has 5 heteroatoms. The molecule has 0 aliphatic rings. The molecule has 0 spiro atoms. The fourth-order valence-electron chi connectivity index (χ4n) is 2.89. The summed E-state index contributed by atoms with van der Waals surface area (Å²) in [5.74, 6) is 2.68. The third-order valence-electron chi connectivity index (χ3n) is 4.38. The van der Waals surface area contributed by atoms with Crippen LogP contribution in [0.3, 0.4) is 0 Å². The van der Waals surface area contributed by atoms with Crippen molar-refractivity contribution in [1.29, 1.82) is 0 Å². The van der Waals surface area contributed by atoms with E-state index >= 15 is 0 Å². The van der Waals surface area contributed by atoms with Gasteiger partial charge in [0.15, 0.2) is 11.6 Å². The Morgan fingerprint density at radius 2 is 1.73 bits per heavy atom. The normalized spacial score (nSPS) is 10.9. The second-order valence-electron chi connectivity index (χ2n) is 6.24. The summed E-state index contributed by atoms with van der Waals surface area (Å²) in [7, 11) is 1.68. The largest absolute Gasteiger partial charge is 0.497 e. The summed E-state index contributed by atoms with van der Waals surface area (Å²) in [5, 5.41) is 4.67. The van der Waals surface area contributed by atoms with Crippen molar-refractivity contribution in [2.24, 2.45) is 0 Å². The quantitative estimate of drug-likeness (QED) is 0.470. The number of halogens is 1. The van der Waals surface area contributed by atoms with E-state index in [-0.39, 0.29) is 0 Å². The van der Waals surface area contributed by atoms with Crippen molar-refractivity contribution in [2.75, 3.05) is 7.11 Å². The van der Waals surface area contributed by atoms with Gasteiger partial charge in [-0.3, -0.25) is 0 Å². The first-order chi connectivity index (χ1) is 12.7. The van der Waals surface area contributed by atoms with Crippen LogP contribution in [0.4, 0.5) is 0 Å². The fourth-order valence-corrected chi connectivity index (χ4v) is 3.15. The Bertz CT molecular complexity index is 825. The minimum atomic E-state index is 0.842. The van der Waals surface area contributed by atoms with Gasteiger partial charge in [-0.05, 0) is 61.2 Å². The fraction of sp³-hybridized carbons (Fsp3) is 0.333. The van der Waals surface area contributed by atoms with Crippen LogP contribution in [0.1, 0.15) is 31.2 Å². The molecule has 0 radical (unpaired) electrons. The van der Waals surface area contributed by atoms with Crippen molar-refractivity contribution >= 4 is 15.9 Å². The van der Waals surface area contributed by atoms with Gasteiger partial charge in [0.2, 0.25) is 0 Å². The lowest BCUT2D eigenvalue weighted by molar-refractivity contribution is 0.415. The summed E-state index contributed by atoms with van der Waals surface area (Å²) in [6.45, 7) is 2.97. The second-order valence-corrected chi connectivity index (χ2v) is 7.16. The Kier molecular flexibility index (Phi) is 6.45. The molecule has 0 bridgehead atoms. The molecule has 0 amide bonds. The molecule has 3 rings (SSSR count). The summed E-state index contributed by atoms with van der Waals surface area (Å²) in [6.07, 6.45) is 4.13. The van der Waals surface area contributed by atoms with E-state index in [9.17, 15) is 0 Å². The monoisotopic (exact) mass is 413 g/mol. The lowest BCUT2D eigenvalue weighted by atomic mass is 10.1. The van der Waals surface area contributed by atoms with Gasteiger partial charge in [-0.15, -0.1) is 0 Å². The Morgan fingerprint density at radius 1 is 1.00 bits per heavy atom. The van der Waals surface area contributed by atoms with Crippen molar-refractivity contribution in [3.63, 3.8) is 0 Å². The number of hydrogen-bond donors (Lipinski definition) is 0. The maximum absolute atomic E-state index is 5.24. The van der Waals surface area contributed by atoms with Crippen LogP contribution in [0.15, 0.2) is 53.0 Å². The van der Waals surface area contributed by atoms with Crippen molar-refractivity contribution < 1.29 is 4.74 Å². The summed E-state index contributed by atoms with van der Waals surface area (Å²) in [5.41, 5.74) is 2.45. The zero-order valence-corrected chi connectivity index (χ0v) is 16.9. The highest BCUT2D eigenvalue weighted by Gasteiger charge is 2.11. The average Bonchev–Trinajstić information content (AvgIpc) is 3.10. The van der Waals surface area contributed by atoms with Gasteiger partial charge in [-0.2, -0.15) is 5.10 Å². The van der Waals surface area contributed by atoms with E-state index in [1.54, 1.807) is 7.11 Å². The van der Waals surface area contributed by atoms with Gasteiger partial charge in [0.1, 0.15) is 5.75 Å². The molecule has 136 valence electrons. The van der Waals surface area contributed by atoms with Crippen LogP contribution in [0, 0.1) is 0 Å². The Hall–Kier alpha value is -2.14. The molecule has 0 aliphatic heterocycles. The second kappa shape index (κ2) is 8.99. The smallest absolute Gasteiger partial charge is 0.158 e. The molecule has 2 aromatic carbocycles. The Morgan fingerprint density at radius 3 is 2.38 bits per heavy atom. The van der Waals surface area contributed by atoms with Crippen molar-refractivity contribution in [3.8, 4) is 17.1 Å². The van der Waals surface area contributed by atoms with Gasteiger partial charge in [-0.1, -0.05) is 35.0 Å². The van der Waals surface area contributed by atoms with Crippen LogP contribution < -0.4 is 4.74 Å². The number of unbranched alkanes of at least 4 members (excludes halogenated alkanes) is 1. The molecule has 0 aliphatic carbocycles. The number of hydrogen-bond acceptors (Lipinski definition) is 3. The standard InChI is InChI=1S/C21H24BrN3O/c1-3-20-23-21(17-9-13-19(26-2)14-10-17)25(24-20)15-5-4-6-16-7-11-18(22)12-8-16/h7-14H,3-6,15H2,1-2H3. The first kappa shape index (κ1) is 18.6. The number of benzene rings is 2. The van der Waals surface area contributed by atoms with E-state index in [4.69, 9.17) is 9.72 Å². The average molecular weight is 414 g/mol. The number of aromatic nitrogens is 3. The van der Waals surface area contributed by atoms with Crippen molar-refractivity contribution in [1.82, 2.24) is 14.8 Å². The predicted octanol–water partition coefficient (Wildman–Crippen LogP) is 5.30. The summed E-state index contributed by atoms with van der Waals surface area (Å²) >= 11 is 3.48.